The molecule has 5 rings (SSSR count). The topological polar surface area (TPSA) is 381 Å². The summed E-state index contributed by atoms with van der Waals surface area (Å²) in [6.07, 6.45) is 0. The van der Waals surface area contributed by atoms with Gasteiger partial charge < -0.3 is 15.7 Å². The summed E-state index contributed by atoms with van der Waals surface area (Å²) in [6, 6.07) is 13.0. The minimum Gasteiger partial charge on any atom is -0.505 e. The highest BCUT2D eigenvalue weighted by Gasteiger charge is 2.23. The zero-order valence-corrected chi connectivity index (χ0v) is 35.8. The van der Waals surface area contributed by atoms with Crippen LogP contribution in [0, 0.1) is 0 Å². The third kappa shape index (κ3) is 13.5. The summed E-state index contributed by atoms with van der Waals surface area (Å²) in [5.41, 5.74) is -0.359. The number of halogens is 1. The average molecular weight is 1000 g/mol. The molecule has 62 heavy (non-hydrogen) atoms. The highest BCUT2D eigenvalue weighted by Crippen LogP contribution is 2.47. The van der Waals surface area contributed by atoms with Gasteiger partial charge in [-0.05, 0) is 83.7 Å². The van der Waals surface area contributed by atoms with E-state index in [1.807, 2.05) is 0 Å². The predicted octanol–water partition coefficient (Wildman–Crippen LogP) is 5.33. The Kier molecular flexibility index (Phi) is 16.3. The molecule has 0 aliphatic heterocycles. The lowest BCUT2D eigenvalue weighted by Gasteiger charge is -2.15. The van der Waals surface area contributed by atoms with Crippen molar-refractivity contribution in [3.63, 3.8) is 0 Å². The maximum Gasteiger partial charge on any atom is 0.397 e. The third-order valence-corrected chi connectivity index (χ3v) is 13.3. The molecular weight excluding hydrogens is 978 g/mol. The molecule has 0 saturated heterocycles. The van der Waals surface area contributed by atoms with Crippen LogP contribution in [-0.4, -0.2) is 98.1 Å². The zero-order chi connectivity index (χ0) is 45.3. The van der Waals surface area contributed by atoms with Crippen molar-refractivity contribution >= 4 is 122 Å². The van der Waals surface area contributed by atoms with E-state index in [1.165, 1.54) is 42.5 Å². The first-order chi connectivity index (χ1) is 29.2. The van der Waals surface area contributed by atoms with Crippen LogP contribution in [0.1, 0.15) is 0 Å². The van der Waals surface area contributed by atoms with Crippen LogP contribution in [0.15, 0.2) is 96.5 Å². The standard InChI is InChI=1S/C29H26ClN7O19S6/c30-27-33-28(31-17-1-5-19(6-2-17)60(43,44)12-10-52-62(48,49)50)35-29(34-27)32-22-15-21(61(45,46)47)13-16-14-23(57-55-53-39)25(26(38)24(16)22)37-36-18-3-7-20(8-4-18)59(41,42)11-9-51-58-56-54-40/h1-8,13-15,38-40H,9-12H2,(H,45,46,47)(H,48,49,50)(H2,31,32,33,34,35)/b37-36+. The fraction of sp³-hybridized carbons (Fsp3) is 0.138. The Morgan fingerprint density at radius 3 is 1.90 bits per heavy atom. The zero-order valence-electron chi connectivity index (χ0n) is 30.2. The van der Waals surface area contributed by atoms with Crippen molar-refractivity contribution in [3.8, 4) is 5.75 Å². The Hall–Kier alpha value is -4.46. The van der Waals surface area contributed by atoms with Gasteiger partial charge in [-0.3, -0.25) is 13.3 Å². The smallest absolute Gasteiger partial charge is 0.397 e. The maximum absolute atomic E-state index is 12.7. The monoisotopic (exact) mass is 1000 g/mol. The van der Waals surface area contributed by atoms with Gasteiger partial charge in [0.25, 0.3) is 10.1 Å². The van der Waals surface area contributed by atoms with Crippen molar-refractivity contribution in [2.45, 2.75) is 19.6 Å². The number of aromatic hydroxyl groups is 1. The second kappa shape index (κ2) is 20.8. The van der Waals surface area contributed by atoms with Crippen molar-refractivity contribution in [3.05, 3.63) is 72.0 Å². The Labute approximate surface area is 363 Å². The van der Waals surface area contributed by atoms with E-state index < -0.39 is 74.2 Å². The second-order valence-electron chi connectivity index (χ2n) is 11.5. The van der Waals surface area contributed by atoms with Gasteiger partial charge in [-0.25, -0.2) is 31.5 Å². The summed E-state index contributed by atoms with van der Waals surface area (Å²) >= 11 is 6.65. The van der Waals surface area contributed by atoms with E-state index in [9.17, 15) is 43.3 Å². The van der Waals surface area contributed by atoms with Crippen molar-refractivity contribution in [2.24, 2.45) is 10.2 Å². The number of hydrogen-bond donors (Lipinski definition) is 7. The second-order valence-corrected chi connectivity index (χ2v) is 19.8. The van der Waals surface area contributed by atoms with Gasteiger partial charge in [0.05, 0.1) is 67.7 Å². The van der Waals surface area contributed by atoms with Crippen molar-refractivity contribution in [2.75, 3.05) is 35.4 Å². The molecule has 4 aromatic carbocycles. The number of phenolic OH excluding ortho intramolecular Hbond substituents is 1. The Morgan fingerprint density at radius 2 is 1.31 bits per heavy atom. The van der Waals surface area contributed by atoms with Gasteiger partial charge in [0.15, 0.2) is 37.7 Å². The van der Waals surface area contributed by atoms with Gasteiger partial charge in [0.1, 0.15) is 5.69 Å². The maximum atomic E-state index is 12.7. The van der Waals surface area contributed by atoms with E-state index in [-0.39, 0.29) is 79.0 Å². The highest BCUT2D eigenvalue weighted by molar-refractivity contribution is 7.94. The SMILES string of the molecule is O=S(=O)(O)OCCS(=O)(=O)c1ccc(Nc2nc(Cl)nc(Nc3cc(S(=O)(=O)O)cc4cc(SOOO)c(/N=N/c5ccc(S(=O)(=O)CCOSOOO)cc5)c(O)c34)n2)cc1. The summed E-state index contributed by atoms with van der Waals surface area (Å²) in [4.78, 5) is 10.9. The molecule has 0 unspecified atom stereocenters. The number of nitrogens with zero attached hydrogens (tertiary/aromatic N) is 5. The molecule has 0 aliphatic rings. The average Bonchev–Trinajstić information content (AvgIpc) is 3.18. The number of aromatic nitrogens is 3. The molecular formula is C29H26ClN7O19S6. The molecule has 5 aromatic rings. The molecule has 0 amide bonds. The molecule has 33 heteroatoms. The van der Waals surface area contributed by atoms with E-state index >= 15 is 0 Å². The molecule has 1 heterocycles. The molecule has 0 fully saturated rings. The Morgan fingerprint density at radius 1 is 0.710 bits per heavy atom. The van der Waals surface area contributed by atoms with Gasteiger partial charge in [-0.1, -0.05) is 10.1 Å². The van der Waals surface area contributed by atoms with Crippen molar-refractivity contribution in [1.29, 1.82) is 0 Å². The van der Waals surface area contributed by atoms with Gasteiger partial charge in [-0.2, -0.15) is 36.9 Å². The summed E-state index contributed by atoms with van der Waals surface area (Å²) in [5.74, 6) is -2.58. The number of sulfone groups is 2. The fourth-order valence-electron chi connectivity index (χ4n) is 4.90. The Bertz CT molecular complexity index is 2900. The first-order valence-corrected chi connectivity index (χ1v) is 24.0. The molecule has 0 radical (unpaired) electrons. The first-order valence-electron chi connectivity index (χ1n) is 16.1. The summed E-state index contributed by atoms with van der Waals surface area (Å²) in [7, 11) is -17.7. The number of nitrogens with one attached hydrogen (secondary N) is 2. The minimum absolute atomic E-state index is 0.0699. The fourth-order valence-corrected chi connectivity index (χ4v) is 9.00. The van der Waals surface area contributed by atoms with Crippen LogP contribution in [0.5, 0.6) is 5.75 Å². The number of fused-ring (bicyclic) bond motifs is 1. The van der Waals surface area contributed by atoms with Crippen molar-refractivity contribution in [1.82, 2.24) is 15.0 Å². The summed E-state index contributed by atoms with van der Waals surface area (Å²) in [6.45, 7) is -1.18. The molecule has 1 aromatic heterocycles. The van der Waals surface area contributed by atoms with Crippen LogP contribution < -0.4 is 10.6 Å². The lowest BCUT2D eigenvalue weighted by Crippen LogP contribution is -2.15. The van der Waals surface area contributed by atoms with E-state index in [1.54, 1.807) is 0 Å². The predicted molar refractivity (Wildman–Crippen MR) is 214 cm³/mol. The van der Waals surface area contributed by atoms with Crippen molar-refractivity contribution < 1.29 is 85.5 Å². The van der Waals surface area contributed by atoms with Gasteiger partial charge in [0, 0.05) is 11.1 Å². The quantitative estimate of drug-likeness (QED) is 0.0115. The molecule has 0 spiro atoms. The molecule has 26 nitrogen and oxygen atoms in total. The number of benzene rings is 4. The minimum atomic E-state index is -4.93. The van der Waals surface area contributed by atoms with Crippen LogP contribution >= 0.6 is 36.0 Å². The Balaban J connectivity index is 1.47. The van der Waals surface area contributed by atoms with Crippen LogP contribution in [0.4, 0.5) is 34.6 Å². The molecule has 0 saturated carbocycles. The lowest BCUT2D eigenvalue weighted by molar-refractivity contribution is -0.434. The summed E-state index contributed by atoms with van der Waals surface area (Å²) < 4.78 is 133. The number of anilines is 4. The van der Waals surface area contributed by atoms with Crippen LogP contribution in [-0.2, 0) is 67.3 Å². The molecule has 334 valence electrons. The number of hydrogen-bond acceptors (Lipinski definition) is 26. The van der Waals surface area contributed by atoms with E-state index in [2.05, 4.69) is 58.7 Å². The first kappa shape index (κ1) is 48.6. The van der Waals surface area contributed by atoms with Gasteiger partial charge in [0.2, 0.25) is 17.2 Å². The van der Waals surface area contributed by atoms with Crippen LogP contribution in [0.25, 0.3) is 10.8 Å². The number of azo groups is 1. The largest absolute Gasteiger partial charge is 0.505 e. The van der Waals surface area contributed by atoms with Crippen LogP contribution in [0.2, 0.25) is 5.28 Å². The molecule has 0 bridgehead atoms. The lowest BCUT2D eigenvalue weighted by atomic mass is 10.1. The highest BCUT2D eigenvalue weighted by atomic mass is 35.5. The number of phenols is 1. The summed E-state index contributed by atoms with van der Waals surface area (Å²) in [5, 5.41) is 48.4. The molecule has 7 N–H and O–H groups in total. The number of rotatable bonds is 22. The van der Waals surface area contributed by atoms with Crippen LogP contribution in [0.3, 0.4) is 0 Å². The van der Waals surface area contributed by atoms with E-state index in [0.717, 1.165) is 24.3 Å². The van der Waals surface area contributed by atoms with E-state index in [4.69, 9.17) is 30.9 Å². The third-order valence-electron chi connectivity index (χ3n) is 7.49. The van der Waals surface area contributed by atoms with Gasteiger partial charge in [-0.15, -0.1) is 13.8 Å². The van der Waals surface area contributed by atoms with E-state index in [0.29, 0.717) is 12.0 Å². The van der Waals surface area contributed by atoms with Gasteiger partial charge >= 0.3 is 10.4 Å². The normalized spacial score (nSPS) is 12.6. The molecule has 0 aliphatic carbocycles. The molecule has 0 atom stereocenters.